The number of aliphatic hydroxyl groups is 1. The highest BCUT2D eigenvalue weighted by Gasteiger charge is 2.30. The van der Waals surface area contributed by atoms with E-state index in [2.05, 4.69) is 55.4 Å². The van der Waals surface area contributed by atoms with Gasteiger partial charge in [-0.2, -0.15) is 0 Å². The molecule has 0 aromatic carbocycles. The van der Waals surface area contributed by atoms with Crippen molar-refractivity contribution in [2.75, 3.05) is 39.6 Å². The third-order valence-corrected chi connectivity index (χ3v) is 19.6. The van der Waals surface area contributed by atoms with Crippen LogP contribution in [-0.4, -0.2) is 96.7 Å². The molecule has 0 saturated heterocycles. The van der Waals surface area contributed by atoms with Crippen molar-refractivity contribution >= 4 is 39.5 Å². The molecule has 0 aromatic rings. The SMILES string of the molecule is CCC(C)CCCCCCCCCCCCC(=O)O[C@H](COC(=O)CCCCCCCCCCCCC(C)C)COP(=O)(O)OCC(O)COP(=O)(O)OC[C@@H](COC(=O)CCCCCCCCCC(C)C)OC(=O)CCCCCCCCCCCCCCCCC(C)C. The Labute approximate surface area is 575 Å². The van der Waals surface area contributed by atoms with Crippen molar-refractivity contribution in [3.05, 3.63) is 0 Å². The molecule has 17 nitrogen and oxygen atoms in total. The van der Waals surface area contributed by atoms with Gasteiger partial charge in [0.15, 0.2) is 12.2 Å². The van der Waals surface area contributed by atoms with E-state index in [0.29, 0.717) is 31.6 Å². The number of esters is 4. The zero-order valence-electron chi connectivity index (χ0n) is 61.6. The molecule has 0 bridgehead atoms. The summed E-state index contributed by atoms with van der Waals surface area (Å²) in [4.78, 5) is 72.8. The molecule has 0 spiro atoms. The quantitative estimate of drug-likeness (QED) is 0.0222. The Morgan fingerprint density at radius 1 is 0.298 bits per heavy atom. The van der Waals surface area contributed by atoms with E-state index < -0.39 is 97.5 Å². The highest BCUT2D eigenvalue weighted by Crippen LogP contribution is 2.45. The van der Waals surface area contributed by atoms with Crippen LogP contribution in [0.3, 0.4) is 0 Å². The fourth-order valence-electron chi connectivity index (χ4n) is 11.3. The van der Waals surface area contributed by atoms with Crippen LogP contribution in [-0.2, 0) is 65.4 Å². The van der Waals surface area contributed by atoms with Crippen molar-refractivity contribution in [2.24, 2.45) is 23.7 Å². The van der Waals surface area contributed by atoms with Crippen LogP contribution in [0.15, 0.2) is 0 Å². The van der Waals surface area contributed by atoms with Crippen LogP contribution in [0.4, 0.5) is 0 Å². The zero-order valence-corrected chi connectivity index (χ0v) is 63.4. The van der Waals surface area contributed by atoms with Crippen LogP contribution < -0.4 is 0 Å². The molecule has 0 fully saturated rings. The molecule has 0 aliphatic heterocycles. The zero-order chi connectivity index (χ0) is 69.6. The van der Waals surface area contributed by atoms with Gasteiger partial charge in [-0.3, -0.25) is 37.3 Å². The number of aliphatic hydroxyl groups excluding tert-OH is 1. The summed E-state index contributed by atoms with van der Waals surface area (Å²) < 4.78 is 68.5. The van der Waals surface area contributed by atoms with Crippen molar-refractivity contribution in [3.63, 3.8) is 0 Å². The average molecular weight is 1380 g/mol. The predicted octanol–water partition coefficient (Wildman–Crippen LogP) is 21.7. The minimum atomic E-state index is -4.96. The number of carbonyl (C=O) groups excluding carboxylic acids is 4. The molecule has 0 aromatic heterocycles. The van der Waals surface area contributed by atoms with E-state index in [-0.39, 0.29) is 25.7 Å². The Bertz CT molecular complexity index is 1850. The molecule has 0 rings (SSSR count). The second kappa shape index (κ2) is 64.4. The molecule has 6 atom stereocenters. The first-order valence-corrected chi connectivity index (χ1v) is 41.7. The van der Waals surface area contributed by atoms with E-state index in [1.807, 2.05) is 0 Å². The Morgan fingerprint density at radius 2 is 0.511 bits per heavy atom. The minimum Gasteiger partial charge on any atom is -0.462 e. The van der Waals surface area contributed by atoms with Crippen molar-refractivity contribution < 1.29 is 80.2 Å². The Kier molecular flexibility index (Phi) is 63.1. The summed E-state index contributed by atoms with van der Waals surface area (Å²) in [6.45, 7) is 14.2. The predicted molar refractivity (Wildman–Crippen MR) is 381 cm³/mol. The maximum atomic E-state index is 13.1. The topological polar surface area (TPSA) is 237 Å². The number of hydrogen-bond acceptors (Lipinski definition) is 15. The fraction of sp³-hybridized carbons (Fsp3) is 0.947. The Morgan fingerprint density at radius 3 is 0.755 bits per heavy atom. The van der Waals surface area contributed by atoms with E-state index in [1.165, 1.54) is 173 Å². The molecule has 0 amide bonds. The minimum absolute atomic E-state index is 0.106. The number of hydrogen-bond donors (Lipinski definition) is 3. The Balaban J connectivity index is 5.25. The maximum absolute atomic E-state index is 13.1. The molecular formula is C75H146O17P2. The van der Waals surface area contributed by atoms with Gasteiger partial charge in [0, 0.05) is 25.7 Å². The lowest BCUT2D eigenvalue weighted by atomic mass is 9.99. The summed E-state index contributed by atoms with van der Waals surface area (Å²) in [5, 5.41) is 10.6. The highest BCUT2D eigenvalue weighted by molar-refractivity contribution is 7.47. The van der Waals surface area contributed by atoms with Gasteiger partial charge >= 0.3 is 39.5 Å². The maximum Gasteiger partial charge on any atom is 0.472 e. The number of ether oxygens (including phenoxy) is 4. The molecule has 0 radical (unpaired) electrons. The lowest BCUT2D eigenvalue weighted by Gasteiger charge is -2.21. The van der Waals surface area contributed by atoms with Crippen LogP contribution in [0.5, 0.6) is 0 Å². The van der Waals surface area contributed by atoms with Crippen LogP contribution >= 0.6 is 15.6 Å². The van der Waals surface area contributed by atoms with Crippen LogP contribution in [0, 0.1) is 23.7 Å². The van der Waals surface area contributed by atoms with E-state index in [4.69, 9.17) is 37.0 Å². The summed E-state index contributed by atoms with van der Waals surface area (Å²) in [7, 11) is -9.91. The fourth-order valence-corrected chi connectivity index (χ4v) is 12.9. The standard InChI is InChI=1S/C75H146O17P2/c1-9-68(8)54-46-38-30-22-17-19-25-33-42-50-58-75(80)91-70(61-85-72(77)55-47-39-31-23-18-16-21-28-36-44-52-66(4)5)63-89-93(81,82)87-59-69(76)60-88-94(83,84)90-64-71(62-86-73(78)56-48-40-34-26-29-37-45-53-67(6)7)92-74(79)57-49-41-32-24-15-13-11-10-12-14-20-27-35-43-51-65(2)3/h65-71,76H,9-64H2,1-8H3,(H,81,82)(H,83,84)/t68?,69?,70-,71-/m1/s1. The van der Waals surface area contributed by atoms with Gasteiger partial charge in [-0.25, -0.2) is 9.13 Å². The van der Waals surface area contributed by atoms with E-state index >= 15 is 0 Å². The first-order valence-electron chi connectivity index (χ1n) is 38.7. The normalized spacial score (nSPS) is 14.4. The molecule has 558 valence electrons. The first-order chi connectivity index (χ1) is 45.1. The molecule has 0 saturated carbocycles. The second-order valence-electron chi connectivity index (χ2n) is 28.7. The van der Waals surface area contributed by atoms with Crippen LogP contribution in [0.25, 0.3) is 0 Å². The third-order valence-electron chi connectivity index (χ3n) is 17.7. The number of phosphoric ester groups is 2. The van der Waals surface area contributed by atoms with Gasteiger partial charge in [-0.05, 0) is 49.4 Å². The Hall–Kier alpha value is -1.94. The smallest absolute Gasteiger partial charge is 0.462 e. The van der Waals surface area contributed by atoms with Crippen molar-refractivity contribution in [3.8, 4) is 0 Å². The summed E-state index contributed by atoms with van der Waals surface area (Å²) in [5.41, 5.74) is 0. The summed E-state index contributed by atoms with van der Waals surface area (Å²) >= 11 is 0. The number of unbranched alkanes of at least 4 members (excludes halogenated alkanes) is 37. The van der Waals surface area contributed by atoms with Gasteiger partial charge in [0.1, 0.15) is 19.3 Å². The molecule has 0 aliphatic rings. The largest absolute Gasteiger partial charge is 0.472 e. The molecule has 4 unspecified atom stereocenters. The molecule has 0 heterocycles. The van der Waals surface area contributed by atoms with Crippen molar-refractivity contribution in [2.45, 2.75) is 395 Å². The molecule has 94 heavy (non-hydrogen) atoms. The van der Waals surface area contributed by atoms with Gasteiger partial charge in [0.05, 0.1) is 26.4 Å². The van der Waals surface area contributed by atoms with E-state index in [1.54, 1.807) is 0 Å². The molecule has 0 aliphatic carbocycles. The number of phosphoric acid groups is 2. The van der Waals surface area contributed by atoms with E-state index in [9.17, 15) is 43.2 Å². The van der Waals surface area contributed by atoms with Gasteiger partial charge < -0.3 is 33.8 Å². The average Bonchev–Trinajstić information content (AvgIpc) is 1.15. The van der Waals surface area contributed by atoms with Gasteiger partial charge in [-0.15, -0.1) is 0 Å². The van der Waals surface area contributed by atoms with Crippen LogP contribution in [0.2, 0.25) is 0 Å². The van der Waals surface area contributed by atoms with Crippen molar-refractivity contribution in [1.82, 2.24) is 0 Å². The molecular weight excluding hydrogens is 1230 g/mol. The monoisotopic (exact) mass is 1380 g/mol. The number of rotatable bonds is 72. The van der Waals surface area contributed by atoms with Gasteiger partial charge in [0.2, 0.25) is 0 Å². The van der Waals surface area contributed by atoms with Gasteiger partial charge in [0.25, 0.3) is 0 Å². The molecule has 19 heteroatoms. The first kappa shape index (κ1) is 92.1. The lowest BCUT2D eigenvalue weighted by molar-refractivity contribution is -0.161. The van der Waals surface area contributed by atoms with Crippen molar-refractivity contribution in [1.29, 1.82) is 0 Å². The van der Waals surface area contributed by atoms with Crippen LogP contribution in [0.1, 0.15) is 376 Å². The lowest BCUT2D eigenvalue weighted by Crippen LogP contribution is -2.30. The second-order valence-corrected chi connectivity index (χ2v) is 31.6. The summed E-state index contributed by atoms with van der Waals surface area (Å²) in [5.74, 6) is 0.939. The molecule has 3 N–H and O–H groups in total. The van der Waals surface area contributed by atoms with Gasteiger partial charge in [-0.1, -0.05) is 325 Å². The third kappa shape index (κ3) is 67.3. The van der Waals surface area contributed by atoms with E-state index in [0.717, 1.165) is 114 Å². The summed E-state index contributed by atoms with van der Waals surface area (Å²) in [6, 6.07) is 0. The number of carbonyl (C=O) groups is 4. The summed E-state index contributed by atoms with van der Waals surface area (Å²) in [6.07, 6.45) is 48.5. The highest BCUT2D eigenvalue weighted by atomic mass is 31.2.